The molecule has 2 aromatic rings. The van der Waals surface area contributed by atoms with Crippen LogP contribution in [0.2, 0.25) is 5.02 Å². The number of rotatable bonds is 5. The average molecular weight is 405 g/mol. The number of ether oxygens (including phenoxy) is 1. The van der Waals surface area contributed by atoms with Crippen LogP contribution in [0.1, 0.15) is 11.8 Å². The van der Waals surface area contributed by atoms with E-state index < -0.39 is 0 Å². The van der Waals surface area contributed by atoms with E-state index in [-0.39, 0.29) is 5.91 Å². The van der Waals surface area contributed by atoms with Crippen LogP contribution in [0.15, 0.2) is 58.6 Å². The molecule has 0 saturated carbocycles. The molecule has 3 rings (SSSR count). The van der Waals surface area contributed by atoms with E-state index in [2.05, 4.69) is 11.6 Å². The number of aliphatic imine (C=N–C) groups is 1. The summed E-state index contributed by atoms with van der Waals surface area (Å²) in [5.41, 5.74) is 2.07. The standard InChI is InChI=1S/C19H17ClN2O2S2/c1-12(2)11-26-19-21-16(10-14-5-4-8-25-14)18(23)22(19)13-6-7-17(24-3)15(20)9-13/h4-10H,1,11H2,2-3H3/b16-10+. The topological polar surface area (TPSA) is 41.9 Å². The van der Waals surface area contributed by atoms with Crippen LogP contribution in [0, 0.1) is 0 Å². The molecule has 0 saturated heterocycles. The molecular formula is C19H17ClN2O2S2. The molecule has 7 heteroatoms. The summed E-state index contributed by atoms with van der Waals surface area (Å²) in [6, 6.07) is 9.15. The number of carbonyl (C=O) groups is 1. The Labute approximate surface area is 165 Å². The lowest BCUT2D eigenvalue weighted by atomic mass is 10.2. The number of carbonyl (C=O) groups excluding carboxylic acids is 1. The van der Waals surface area contributed by atoms with Gasteiger partial charge in [0.25, 0.3) is 5.91 Å². The molecule has 0 spiro atoms. The van der Waals surface area contributed by atoms with Crippen molar-refractivity contribution in [2.75, 3.05) is 17.8 Å². The van der Waals surface area contributed by atoms with Gasteiger partial charge in [-0.25, -0.2) is 4.99 Å². The van der Waals surface area contributed by atoms with E-state index in [1.807, 2.05) is 24.4 Å². The monoisotopic (exact) mass is 404 g/mol. The minimum absolute atomic E-state index is 0.177. The van der Waals surface area contributed by atoms with Gasteiger partial charge in [-0.2, -0.15) is 0 Å². The van der Waals surface area contributed by atoms with Gasteiger partial charge in [0.05, 0.1) is 17.8 Å². The van der Waals surface area contributed by atoms with Crippen LogP contribution in [0.25, 0.3) is 6.08 Å². The Morgan fingerprint density at radius 3 is 2.88 bits per heavy atom. The van der Waals surface area contributed by atoms with Crippen LogP contribution < -0.4 is 9.64 Å². The van der Waals surface area contributed by atoms with Crippen LogP contribution in [-0.4, -0.2) is 23.9 Å². The Kier molecular flexibility index (Phi) is 5.86. The molecule has 0 radical (unpaired) electrons. The maximum atomic E-state index is 13.0. The summed E-state index contributed by atoms with van der Waals surface area (Å²) in [6.07, 6.45) is 1.81. The molecule has 134 valence electrons. The zero-order valence-corrected chi connectivity index (χ0v) is 16.7. The fraction of sp³-hybridized carbons (Fsp3) is 0.158. The summed E-state index contributed by atoms with van der Waals surface area (Å²) < 4.78 is 5.19. The minimum Gasteiger partial charge on any atom is -0.495 e. The summed E-state index contributed by atoms with van der Waals surface area (Å²) in [7, 11) is 1.55. The lowest BCUT2D eigenvalue weighted by molar-refractivity contribution is -0.113. The first-order chi connectivity index (χ1) is 12.5. The fourth-order valence-electron chi connectivity index (χ4n) is 2.31. The molecule has 4 nitrogen and oxygen atoms in total. The summed E-state index contributed by atoms with van der Waals surface area (Å²) >= 11 is 9.28. The number of halogens is 1. The average Bonchev–Trinajstić information content (AvgIpc) is 3.22. The lowest BCUT2D eigenvalue weighted by Crippen LogP contribution is -2.30. The predicted octanol–water partition coefficient (Wildman–Crippen LogP) is 5.46. The zero-order valence-electron chi connectivity index (χ0n) is 14.4. The maximum absolute atomic E-state index is 13.0. The molecule has 0 fully saturated rings. The van der Waals surface area contributed by atoms with Gasteiger partial charge in [0, 0.05) is 10.6 Å². The quantitative estimate of drug-likeness (QED) is 0.490. The maximum Gasteiger partial charge on any atom is 0.283 e. The normalized spacial score (nSPS) is 15.5. The van der Waals surface area contributed by atoms with Crippen LogP contribution in [-0.2, 0) is 4.79 Å². The second kappa shape index (κ2) is 8.12. The van der Waals surface area contributed by atoms with Crippen LogP contribution >= 0.6 is 34.7 Å². The Hall–Kier alpha value is -2.02. The predicted molar refractivity (Wildman–Crippen MR) is 112 cm³/mol. The fourth-order valence-corrected chi connectivity index (χ4v) is 4.07. The number of thiophene rings is 1. The number of hydrogen-bond acceptors (Lipinski definition) is 5. The van der Waals surface area contributed by atoms with Gasteiger partial charge in [-0.15, -0.1) is 11.3 Å². The Bertz CT molecular complexity index is 904. The van der Waals surface area contributed by atoms with Crippen molar-refractivity contribution in [2.45, 2.75) is 6.92 Å². The minimum atomic E-state index is -0.177. The molecule has 0 aliphatic carbocycles. The van der Waals surface area contributed by atoms with Gasteiger partial charge in [0.1, 0.15) is 11.4 Å². The highest BCUT2D eigenvalue weighted by molar-refractivity contribution is 8.14. The van der Waals surface area contributed by atoms with Crippen molar-refractivity contribution in [1.82, 2.24) is 0 Å². The number of anilines is 1. The SMILES string of the molecule is C=C(C)CSC1=N/C(=C/c2cccs2)C(=O)N1c1ccc(OC)c(Cl)c1. The second-order valence-corrected chi connectivity index (χ2v) is 7.97. The molecule has 1 amide bonds. The van der Waals surface area contributed by atoms with Crippen molar-refractivity contribution in [3.63, 3.8) is 0 Å². The zero-order chi connectivity index (χ0) is 18.7. The number of methoxy groups -OCH3 is 1. The van der Waals surface area contributed by atoms with Crippen molar-refractivity contribution in [1.29, 1.82) is 0 Å². The van der Waals surface area contributed by atoms with Crippen molar-refractivity contribution in [2.24, 2.45) is 4.99 Å². The van der Waals surface area contributed by atoms with E-state index in [0.717, 1.165) is 10.5 Å². The molecule has 0 atom stereocenters. The van der Waals surface area contributed by atoms with Gasteiger partial charge in [0.15, 0.2) is 5.17 Å². The summed E-state index contributed by atoms with van der Waals surface area (Å²) in [4.78, 5) is 20.1. The van der Waals surface area contributed by atoms with Gasteiger partial charge in [-0.05, 0) is 42.6 Å². The molecule has 1 aromatic heterocycles. The Balaban J connectivity index is 1.98. The first kappa shape index (κ1) is 18.8. The largest absolute Gasteiger partial charge is 0.495 e. The molecule has 0 unspecified atom stereocenters. The molecule has 1 aliphatic rings. The number of hydrogen-bond donors (Lipinski definition) is 0. The third kappa shape index (κ3) is 4.03. The summed E-state index contributed by atoms with van der Waals surface area (Å²) in [5.74, 6) is 1.06. The Morgan fingerprint density at radius 1 is 1.46 bits per heavy atom. The van der Waals surface area contributed by atoms with E-state index in [4.69, 9.17) is 16.3 Å². The highest BCUT2D eigenvalue weighted by Gasteiger charge is 2.32. The molecular weight excluding hydrogens is 388 g/mol. The highest BCUT2D eigenvalue weighted by atomic mass is 35.5. The number of amides is 1. The number of nitrogens with zero attached hydrogens (tertiary/aromatic N) is 2. The smallest absolute Gasteiger partial charge is 0.283 e. The summed E-state index contributed by atoms with van der Waals surface area (Å²) in [6.45, 7) is 5.87. The third-order valence-electron chi connectivity index (χ3n) is 3.49. The number of amidine groups is 1. The van der Waals surface area contributed by atoms with Gasteiger partial charge in [-0.1, -0.05) is 41.6 Å². The lowest BCUT2D eigenvalue weighted by Gasteiger charge is -2.18. The van der Waals surface area contributed by atoms with E-state index in [0.29, 0.717) is 33.1 Å². The highest BCUT2D eigenvalue weighted by Crippen LogP contribution is 2.34. The van der Waals surface area contributed by atoms with E-state index in [9.17, 15) is 4.79 Å². The van der Waals surface area contributed by atoms with Crippen molar-refractivity contribution >= 4 is 57.5 Å². The van der Waals surface area contributed by atoms with Gasteiger partial charge in [0.2, 0.25) is 0 Å². The van der Waals surface area contributed by atoms with E-state index >= 15 is 0 Å². The number of benzene rings is 1. The van der Waals surface area contributed by atoms with Crippen molar-refractivity contribution in [3.8, 4) is 5.75 Å². The first-order valence-corrected chi connectivity index (χ1v) is 10.0. The molecule has 0 N–H and O–H groups in total. The van der Waals surface area contributed by atoms with Crippen molar-refractivity contribution in [3.05, 3.63) is 63.5 Å². The van der Waals surface area contributed by atoms with Gasteiger partial charge < -0.3 is 4.74 Å². The van der Waals surface area contributed by atoms with Crippen LogP contribution in [0.4, 0.5) is 5.69 Å². The number of thioether (sulfide) groups is 1. The van der Waals surface area contributed by atoms with E-state index in [1.165, 1.54) is 11.8 Å². The molecule has 0 bridgehead atoms. The molecule has 26 heavy (non-hydrogen) atoms. The van der Waals surface area contributed by atoms with Crippen molar-refractivity contribution < 1.29 is 9.53 Å². The van der Waals surface area contributed by atoms with Gasteiger partial charge >= 0.3 is 0 Å². The molecule has 2 heterocycles. The second-order valence-electron chi connectivity index (χ2n) is 5.64. The third-order valence-corrected chi connectivity index (χ3v) is 5.78. The molecule has 1 aromatic carbocycles. The Morgan fingerprint density at radius 2 is 2.27 bits per heavy atom. The molecule has 1 aliphatic heterocycles. The van der Waals surface area contributed by atoms with Crippen LogP contribution in [0.3, 0.4) is 0 Å². The summed E-state index contributed by atoms with van der Waals surface area (Å²) in [5, 5.41) is 3.02. The van der Waals surface area contributed by atoms with Crippen LogP contribution in [0.5, 0.6) is 5.75 Å². The first-order valence-electron chi connectivity index (χ1n) is 7.78. The van der Waals surface area contributed by atoms with Gasteiger partial charge in [-0.3, -0.25) is 9.69 Å². The van der Waals surface area contributed by atoms with E-state index in [1.54, 1.807) is 47.6 Å².